The normalized spacial score (nSPS) is 13.8. The highest BCUT2D eigenvalue weighted by atomic mass is 15.1. The molecule has 0 fully saturated rings. The molecule has 0 spiro atoms. The summed E-state index contributed by atoms with van der Waals surface area (Å²) in [4.78, 5) is 4.70. The monoisotopic (exact) mass is 666 g/mol. The van der Waals surface area contributed by atoms with Crippen molar-refractivity contribution in [3.05, 3.63) is 216 Å². The minimum Gasteiger partial charge on any atom is -0.338 e. The van der Waals surface area contributed by atoms with Crippen molar-refractivity contribution >= 4 is 34.9 Å². The highest BCUT2D eigenvalue weighted by molar-refractivity contribution is 5.70. The molecule has 4 aromatic rings. The topological polar surface area (TPSA) is 6.48 Å². The van der Waals surface area contributed by atoms with E-state index in [0.29, 0.717) is 0 Å². The van der Waals surface area contributed by atoms with Crippen LogP contribution < -0.4 is 9.80 Å². The molecule has 2 heteroatoms. The lowest BCUT2D eigenvalue weighted by Gasteiger charge is -2.28. The van der Waals surface area contributed by atoms with E-state index in [2.05, 4.69) is 219 Å². The molecule has 0 heterocycles. The fourth-order valence-corrected chi connectivity index (χ4v) is 5.87. The SMILES string of the molecule is C=C/C(C)=C\C=C/CN(c1ccc(/C=C/C(/C=C\C/C=C/c2ccc(N(C3=CC=CCC3)c3ccccc3)cc2)=C/C)cc1)c1cccc(C)c1. The third kappa shape index (κ3) is 11.1. The second-order valence-corrected chi connectivity index (χ2v) is 12.6. The second kappa shape index (κ2) is 19.4. The van der Waals surface area contributed by atoms with Gasteiger partial charge in [-0.15, -0.1) is 0 Å². The van der Waals surface area contributed by atoms with Gasteiger partial charge >= 0.3 is 0 Å². The molecule has 51 heavy (non-hydrogen) atoms. The van der Waals surface area contributed by atoms with Crippen LogP contribution in [0.5, 0.6) is 0 Å². The molecule has 1 aliphatic rings. The Morgan fingerprint density at radius 2 is 1.45 bits per heavy atom. The lowest BCUT2D eigenvalue weighted by molar-refractivity contribution is 0.917. The van der Waals surface area contributed by atoms with E-state index in [9.17, 15) is 0 Å². The number of para-hydroxylation sites is 1. The molecule has 0 N–H and O–H groups in total. The molecule has 2 nitrogen and oxygen atoms in total. The summed E-state index contributed by atoms with van der Waals surface area (Å²) in [7, 11) is 0. The van der Waals surface area contributed by atoms with Crippen LogP contribution in [0.25, 0.3) is 12.2 Å². The van der Waals surface area contributed by atoms with E-state index in [1.807, 2.05) is 6.08 Å². The van der Waals surface area contributed by atoms with Crippen LogP contribution >= 0.6 is 0 Å². The Kier molecular flexibility index (Phi) is 13.8. The first kappa shape index (κ1) is 36.4. The third-order valence-electron chi connectivity index (χ3n) is 8.76. The Bertz CT molecular complexity index is 1960. The molecule has 4 aromatic carbocycles. The van der Waals surface area contributed by atoms with Gasteiger partial charge in [-0.05, 0) is 117 Å². The maximum absolute atomic E-state index is 3.84. The number of allylic oxidation sites excluding steroid dienone is 14. The van der Waals surface area contributed by atoms with Gasteiger partial charge in [-0.2, -0.15) is 0 Å². The Morgan fingerprint density at radius 1 is 0.745 bits per heavy atom. The Morgan fingerprint density at radius 3 is 2.14 bits per heavy atom. The van der Waals surface area contributed by atoms with Crippen molar-refractivity contribution in [3.8, 4) is 0 Å². The van der Waals surface area contributed by atoms with E-state index < -0.39 is 0 Å². The summed E-state index contributed by atoms with van der Waals surface area (Å²) in [5.41, 5.74) is 12.0. The minimum absolute atomic E-state index is 0.774. The standard InChI is InChI=1S/C49H50N2/c1-5-40(3)19-16-17-38-50(49-27-18-20-41(4)39-49)45-34-30-44(31-35-45)29-28-42(6-2)21-10-7-11-22-43-32-36-48(37-33-43)51(46-23-12-8-13-24-46)47-25-14-9-15-26-47/h5-6,8-14,16-25,27-37,39H,1,7,15,26,38H2,2-4H3/b17-16-,21-10-,22-11+,29-28+,40-19-,42-6+. The average Bonchev–Trinajstić information content (AvgIpc) is 3.17. The minimum atomic E-state index is 0.774. The quantitative estimate of drug-likeness (QED) is 0.117. The average molecular weight is 667 g/mol. The van der Waals surface area contributed by atoms with Crippen LogP contribution in [0.4, 0.5) is 22.7 Å². The predicted molar refractivity (Wildman–Crippen MR) is 225 cm³/mol. The van der Waals surface area contributed by atoms with Crippen LogP contribution in [0.2, 0.25) is 0 Å². The highest BCUT2D eigenvalue weighted by Crippen LogP contribution is 2.33. The first-order chi connectivity index (χ1) is 25.0. The van der Waals surface area contributed by atoms with E-state index >= 15 is 0 Å². The van der Waals surface area contributed by atoms with Crippen LogP contribution in [0.15, 0.2) is 199 Å². The zero-order valence-corrected chi connectivity index (χ0v) is 30.3. The number of hydrogen-bond donors (Lipinski definition) is 0. The Labute approximate surface area is 306 Å². The highest BCUT2D eigenvalue weighted by Gasteiger charge is 2.15. The molecule has 5 rings (SSSR count). The van der Waals surface area contributed by atoms with Gasteiger partial charge in [0, 0.05) is 35.0 Å². The third-order valence-corrected chi connectivity index (χ3v) is 8.76. The smallest absolute Gasteiger partial charge is 0.0458 e. The molecule has 256 valence electrons. The van der Waals surface area contributed by atoms with Gasteiger partial charge in [-0.3, -0.25) is 0 Å². The van der Waals surface area contributed by atoms with E-state index in [-0.39, 0.29) is 0 Å². The van der Waals surface area contributed by atoms with Gasteiger partial charge in [0.2, 0.25) is 0 Å². The van der Waals surface area contributed by atoms with Crippen molar-refractivity contribution < 1.29 is 0 Å². The molecular weight excluding hydrogens is 617 g/mol. The molecule has 0 atom stereocenters. The predicted octanol–water partition coefficient (Wildman–Crippen LogP) is 13.8. The number of aryl methyl sites for hydroxylation is 1. The van der Waals surface area contributed by atoms with Gasteiger partial charge in [0.25, 0.3) is 0 Å². The van der Waals surface area contributed by atoms with E-state index in [1.54, 1.807) is 0 Å². The Balaban J connectivity index is 1.18. The zero-order valence-electron chi connectivity index (χ0n) is 30.3. The van der Waals surface area contributed by atoms with Gasteiger partial charge in [-0.1, -0.05) is 146 Å². The van der Waals surface area contributed by atoms with Gasteiger partial charge in [0.1, 0.15) is 0 Å². The summed E-state index contributed by atoms with van der Waals surface area (Å²) in [6.07, 6.45) is 33.2. The summed E-state index contributed by atoms with van der Waals surface area (Å²) in [5, 5.41) is 0. The van der Waals surface area contributed by atoms with Crippen LogP contribution in [-0.4, -0.2) is 6.54 Å². The van der Waals surface area contributed by atoms with Gasteiger partial charge in [-0.25, -0.2) is 0 Å². The van der Waals surface area contributed by atoms with E-state index in [4.69, 9.17) is 0 Å². The lowest BCUT2D eigenvalue weighted by Crippen LogP contribution is -2.17. The van der Waals surface area contributed by atoms with Crippen molar-refractivity contribution in [2.75, 3.05) is 16.3 Å². The summed E-state index contributed by atoms with van der Waals surface area (Å²) in [6, 6.07) is 36.9. The fraction of sp³-hybridized carbons (Fsp3) is 0.143. The number of hydrogen-bond acceptors (Lipinski definition) is 2. The molecule has 0 saturated carbocycles. The maximum Gasteiger partial charge on any atom is 0.0458 e. The van der Waals surface area contributed by atoms with Crippen molar-refractivity contribution in [1.29, 1.82) is 0 Å². The summed E-state index contributed by atoms with van der Waals surface area (Å²) < 4.78 is 0. The van der Waals surface area contributed by atoms with Crippen molar-refractivity contribution in [2.24, 2.45) is 0 Å². The fourth-order valence-electron chi connectivity index (χ4n) is 5.87. The number of rotatable bonds is 15. The van der Waals surface area contributed by atoms with Crippen molar-refractivity contribution in [1.82, 2.24) is 0 Å². The first-order valence-corrected chi connectivity index (χ1v) is 17.9. The summed E-state index contributed by atoms with van der Waals surface area (Å²) in [6.45, 7) is 10.9. The molecule has 0 radical (unpaired) electrons. The molecule has 0 aliphatic heterocycles. The van der Waals surface area contributed by atoms with Crippen LogP contribution in [0.3, 0.4) is 0 Å². The molecule has 0 saturated heterocycles. The van der Waals surface area contributed by atoms with Crippen molar-refractivity contribution in [2.45, 2.75) is 40.0 Å². The maximum atomic E-state index is 3.84. The van der Waals surface area contributed by atoms with Gasteiger partial charge in [0.15, 0.2) is 0 Å². The summed E-state index contributed by atoms with van der Waals surface area (Å²) in [5.74, 6) is 0. The largest absolute Gasteiger partial charge is 0.338 e. The van der Waals surface area contributed by atoms with E-state index in [1.165, 1.54) is 45.0 Å². The molecule has 1 aliphatic carbocycles. The molecule has 0 aromatic heterocycles. The Hall–Kier alpha value is -5.86. The molecule has 0 unspecified atom stereocenters. The van der Waals surface area contributed by atoms with Crippen LogP contribution in [-0.2, 0) is 0 Å². The van der Waals surface area contributed by atoms with E-state index in [0.717, 1.165) is 37.1 Å². The molecule has 0 amide bonds. The first-order valence-electron chi connectivity index (χ1n) is 17.9. The van der Waals surface area contributed by atoms with Gasteiger partial charge in [0.05, 0.1) is 0 Å². The summed E-state index contributed by atoms with van der Waals surface area (Å²) >= 11 is 0. The van der Waals surface area contributed by atoms with Crippen molar-refractivity contribution in [3.63, 3.8) is 0 Å². The number of anilines is 4. The zero-order chi connectivity index (χ0) is 35.7. The molecule has 0 bridgehead atoms. The number of nitrogens with zero attached hydrogens (tertiary/aromatic N) is 2. The van der Waals surface area contributed by atoms with Gasteiger partial charge < -0.3 is 9.80 Å². The second-order valence-electron chi connectivity index (χ2n) is 12.6. The van der Waals surface area contributed by atoms with Crippen LogP contribution in [0.1, 0.15) is 49.8 Å². The number of benzene rings is 4. The van der Waals surface area contributed by atoms with Crippen LogP contribution in [0, 0.1) is 6.92 Å². The molecular formula is C49H50N2. The lowest BCUT2D eigenvalue weighted by atomic mass is 10.1.